The molecule has 0 saturated heterocycles. The van der Waals surface area contributed by atoms with E-state index in [1.54, 1.807) is 0 Å². The van der Waals surface area contributed by atoms with Gasteiger partial charge in [0.15, 0.2) is 0 Å². The van der Waals surface area contributed by atoms with Crippen LogP contribution in [0.1, 0.15) is 32.1 Å². The molecule has 3 aliphatic carbocycles. The topological polar surface area (TPSA) is 78.4 Å². The van der Waals surface area contributed by atoms with Gasteiger partial charge in [0.05, 0.1) is 0 Å². The molecule has 2 bridgehead atoms. The van der Waals surface area contributed by atoms with Crippen LogP contribution in [0.4, 0.5) is 0 Å². The first-order valence-electron chi connectivity index (χ1n) is 6.96. The summed E-state index contributed by atoms with van der Waals surface area (Å²) in [5.74, 6) is 0.362. The molecule has 0 radical (unpaired) electrons. The maximum atomic E-state index is 11.2. The third-order valence-corrected chi connectivity index (χ3v) is 9.63. The van der Waals surface area contributed by atoms with Gasteiger partial charge < -0.3 is 0 Å². The van der Waals surface area contributed by atoms with E-state index in [1.165, 1.54) is 0 Å². The Bertz CT molecular complexity index is 504. The standard InChI is InChI=1S/C8H11.C7H7.ClHO4.Rh/c1-2-4-6-8-7-5-3-1;1-2-7-4-3-6(1)5-7;2-1(3,4)5;/h1-2,7H,3-6H2;1-4,6H,5H2;(H,2,3,4,5);/q;;;+1/p-1. The first-order valence-corrected chi connectivity index (χ1v) is 10.5. The number of halogens is 1. The van der Waals surface area contributed by atoms with Crippen LogP contribution in [0.3, 0.4) is 0 Å². The average Bonchev–Trinajstić information content (AvgIpc) is 2.96. The van der Waals surface area contributed by atoms with Crippen molar-refractivity contribution in [3.05, 3.63) is 46.7 Å². The van der Waals surface area contributed by atoms with Crippen molar-refractivity contribution in [2.45, 2.75) is 36.1 Å². The van der Waals surface area contributed by atoms with E-state index in [4.69, 9.17) is 3.12 Å². The molecule has 4 nitrogen and oxygen atoms in total. The number of rotatable bonds is 4. The van der Waals surface area contributed by atoms with E-state index >= 15 is 0 Å². The zero-order valence-corrected chi connectivity index (χ0v) is 13.9. The molecule has 0 N–H and O–H groups in total. The summed E-state index contributed by atoms with van der Waals surface area (Å²) in [6.07, 6.45) is 19.0. The molecule has 0 aromatic carbocycles. The average molecular weight is 401 g/mol. The zero-order chi connectivity index (χ0) is 14.9. The van der Waals surface area contributed by atoms with Crippen molar-refractivity contribution in [3.63, 3.8) is 0 Å². The number of hydrogen-bond donors (Lipinski definition) is 0. The Morgan fingerprint density at radius 3 is 2.43 bits per heavy atom. The summed E-state index contributed by atoms with van der Waals surface area (Å²) in [5, 5.41) is 0. The number of allylic oxidation sites excluding steroid dienone is 8. The summed E-state index contributed by atoms with van der Waals surface area (Å²) < 4.78 is 39.4. The van der Waals surface area contributed by atoms with Crippen LogP contribution in [-0.2, 0) is 19.4 Å². The van der Waals surface area contributed by atoms with Gasteiger partial charge in [-0.1, -0.05) is 0 Å². The van der Waals surface area contributed by atoms with Gasteiger partial charge in [-0.15, -0.1) is 0 Å². The van der Waals surface area contributed by atoms with Crippen LogP contribution in [-0.4, -0.2) is 0 Å². The maximum absolute atomic E-state index is 11.2. The minimum absolute atomic E-state index is 0.352. The first kappa shape index (κ1) is 15.6. The molecule has 0 saturated carbocycles. The zero-order valence-electron chi connectivity index (χ0n) is 11.5. The predicted octanol–water partition coefficient (Wildman–Crippen LogP) is 0.752. The van der Waals surface area contributed by atoms with Crippen LogP contribution in [0.25, 0.3) is 0 Å². The normalized spacial score (nSPS) is 32.0. The molecule has 0 aromatic heterocycles. The molecule has 3 aliphatic rings. The third kappa shape index (κ3) is 3.55. The second-order valence-corrected chi connectivity index (χ2v) is 10.6. The van der Waals surface area contributed by atoms with Crippen LogP contribution in [0.15, 0.2) is 46.7 Å². The van der Waals surface area contributed by atoms with Crippen LogP contribution >= 0.6 is 0 Å². The fraction of sp³-hybridized carbons (Fsp3) is 0.467. The van der Waals surface area contributed by atoms with E-state index in [1.807, 2.05) is 0 Å². The van der Waals surface area contributed by atoms with Crippen LogP contribution < -0.4 is 14.0 Å². The van der Waals surface area contributed by atoms with Gasteiger partial charge in [-0.25, -0.2) is 0 Å². The van der Waals surface area contributed by atoms with Gasteiger partial charge >= 0.3 is 132 Å². The Morgan fingerprint density at radius 2 is 1.81 bits per heavy atom. The molecule has 0 spiro atoms. The van der Waals surface area contributed by atoms with E-state index in [0.717, 1.165) is 36.3 Å². The molecule has 118 valence electrons. The minimum atomic E-state index is -4.39. The molecule has 0 heterocycles. The van der Waals surface area contributed by atoms with Crippen molar-refractivity contribution in [3.8, 4) is 0 Å². The van der Waals surface area contributed by atoms with E-state index in [9.17, 15) is 14.0 Å². The van der Waals surface area contributed by atoms with Gasteiger partial charge in [-0.2, -0.15) is 0 Å². The molecule has 0 unspecified atom stereocenters. The van der Waals surface area contributed by atoms with Crippen molar-refractivity contribution in [1.82, 2.24) is 0 Å². The van der Waals surface area contributed by atoms with Gasteiger partial charge in [-0.05, 0) is 0 Å². The number of fused-ring (bicyclic) bond motifs is 2. The van der Waals surface area contributed by atoms with Crippen LogP contribution in [0.2, 0.25) is 4.01 Å². The molecule has 0 amide bonds. The van der Waals surface area contributed by atoms with Crippen molar-refractivity contribution in [2.24, 2.45) is 5.92 Å². The molecule has 3 rings (SSSR count). The molecule has 0 aromatic rings. The van der Waals surface area contributed by atoms with E-state index < -0.39 is 26.6 Å². The van der Waals surface area contributed by atoms with Gasteiger partial charge in [-0.3, -0.25) is 0 Å². The molecule has 6 heteroatoms. The second kappa shape index (κ2) is 6.07. The summed E-state index contributed by atoms with van der Waals surface area (Å²) in [7, 11) is -4.39. The Labute approximate surface area is 132 Å². The first-order chi connectivity index (χ1) is 9.99. The second-order valence-electron chi connectivity index (χ2n) is 5.33. The van der Waals surface area contributed by atoms with Crippen LogP contribution in [0, 0.1) is 16.2 Å². The molecular formula is C15H18ClO4Rh. The van der Waals surface area contributed by atoms with Gasteiger partial charge in [0, 0.05) is 0 Å². The predicted molar refractivity (Wildman–Crippen MR) is 65.9 cm³/mol. The summed E-state index contributed by atoms with van der Waals surface area (Å²) >= 11 is -2.29. The fourth-order valence-corrected chi connectivity index (χ4v) is 8.87. The molecule has 0 aliphatic heterocycles. The van der Waals surface area contributed by atoms with Crippen molar-refractivity contribution >= 4 is 0 Å². The number of hydrogen-bond acceptors (Lipinski definition) is 4. The van der Waals surface area contributed by atoms with Crippen molar-refractivity contribution in [2.75, 3.05) is 0 Å². The van der Waals surface area contributed by atoms with E-state index in [0.29, 0.717) is 5.92 Å². The Hall–Kier alpha value is -0.287. The summed E-state index contributed by atoms with van der Waals surface area (Å²) in [6.45, 7) is 0. The van der Waals surface area contributed by atoms with Crippen molar-refractivity contribution < 1.29 is 43.6 Å². The third-order valence-electron chi connectivity index (χ3n) is 3.75. The Balaban J connectivity index is 1.89. The summed E-state index contributed by atoms with van der Waals surface area (Å²) in [6, 6.07) is 0. The van der Waals surface area contributed by atoms with Crippen molar-refractivity contribution in [1.29, 1.82) is 0 Å². The molecule has 0 atom stereocenters. The van der Waals surface area contributed by atoms with Gasteiger partial charge in [0.25, 0.3) is 0 Å². The SMILES string of the molecule is [O-][Cl+3]([O-])([O-])[O][Rh]([C]1=CCCC=CCC1)[C]12C=CC(C=C1)C2. The van der Waals surface area contributed by atoms with E-state index in [2.05, 4.69) is 42.5 Å². The van der Waals surface area contributed by atoms with E-state index in [-0.39, 0.29) is 4.01 Å². The quantitative estimate of drug-likeness (QED) is 0.515. The molecular weight excluding hydrogens is 383 g/mol. The van der Waals surface area contributed by atoms with Crippen LogP contribution in [0.5, 0.6) is 0 Å². The summed E-state index contributed by atoms with van der Waals surface area (Å²) in [4.78, 5) is 0. The Kier molecular flexibility index (Phi) is 4.51. The van der Waals surface area contributed by atoms with Gasteiger partial charge in [0.2, 0.25) is 0 Å². The fourth-order valence-electron chi connectivity index (χ4n) is 2.83. The summed E-state index contributed by atoms with van der Waals surface area (Å²) in [5.41, 5.74) is 0. The Morgan fingerprint density at radius 1 is 1.10 bits per heavy atom. The molecule has 0 fully saturated rings. The van der Waals surface area contributed by atoms with Gasteiger partial charge in [0.1, 0.15) is 0 Å². The molecule has 21 heavy (non-hydrogen) atoms. The monoisotopic (exact) mass is 400 g/mol.